The van der Waals surface area contributed by atoms with Crippen LogP contribution in [-0.2, 0) is 16.6 Å². The van der Waals surface area contributed by atoms with Crippen molar-refractivity contribution in [2.45, 2.75) is 10.6 Å². The van der Waals surface area contributed by atoms with Crippen LogP contribution in [0.4, 0.5) is 5.69 Å². The summed E-state index contributed by atoms with van der Waals surface area (Å²) in [4.78, 5) is 0.495. The molecule has 0 aromatic heterocycles. The van der Waals surface area contributed by atoms with E-state index in [4.69, 9.17) is 28.9 Å². The molecular formula is C13H11Cl2NOS. The summed E-state index contributed by atoms with van der Waals surface area (Å²) in [5, 5.41) is 1.09. The molecule has 2 aromatic rings. The molecule has 0 fully saturated rings. The van der Waals surface area contributed by atoms with Crippen molar-refractivity contribution in [3.05, 3.63) is 58.1 Å². The van der Waals surface area contributed by atoms with Gasteiger partial charge in [0.2, 0.25) is 0 Å². The minimum absolute atomic E-state index is 0.366. The zero-order chi connectivity index (χ0) is 13.1. The Morgan fingerprint density at radius 2 is 1.72 bits per heavy atom. The van der Waals surface area contributed by atoms with Gasteiger partial charge in [-0.05, 0) is 29.8 Å². The van der Waals surface area contributed by atoms with Crippen LogP contribution in [0.2, 0.25) is 10.0 Å². The number of benzene rings is 2. The third-order valence-corrected chi connectivity index (χ3v) is 4.62. The van der Waals surface area contributed by atoms with Crippen LogP contribution in [0.3, 0.4) is 0 Å². The van der Waals surface area contributed by atoms with Gasteiger partial charge in [0.05, 0.1) is 26.5 Å². The molecule has 0 spiro atoms. The molecule has 2 aromatic carbocycles. The Bertz CT molecular complexity index is 564. The summed E-state index contributed by atoms with van der Waals surface area (Å²) in [5.41, 5.74) is 7.18. The van der Waals surface area contributed by atoms with Crippen molar-refractivity contribution in [2.24, 2.45) is 0 Å². The van der Waals surface area contributed by atoms with Gasteiger partial charge in [-0.3, -0.25) is 4.21 Å². The molecule has 0 radical (unpaired) electrons. The first kappa shape index (κ1) is 13.4. The van der Waals surface area contributed by atoms with Crippen LogP contribution in [0.25, 0.3) is 0 Å². The summed E-state index contributed by atoms with van der Waals surface area (Å²) >= 11 is 11.8. The fraction of sp³-hybridized carbons (Fsp3) is 0.0769. The fourth-order valence-electron chi connectivity index (χ4n) is 1.57. The van der Waals surface area contributed by atoms with Gasteiger partial charge < -0.3 is 5.73 Å². The van der Waals surface area contributed by atoms with E-state index in [2.05, 4.69) is 0 Å². The predicted molar refractivity (Wildman–Crippen MR) is 77.4 cm³/mol. The van der Waals surface area contributed by atoms with Gasteiger partial charge in [0.1, 0.15) is 0 Å². The lowest BCUT2D eigenvalue weighted by molar-refractivity contribution is 0.683. The first-order valence-electron chi connectivity index (χ1n) is 5.25. The van der Waals surface area contributed by atoms with Gasteiger partial charge >= 0.3 is 0 Å². The van der Waals surface area contributed by atoms with E-state index in [1.54, 1.807) is 30.3 Å². The molecule has 94 valence electrons. The lowest BCUT2D eigenvalue weighted by Crippen LogP contribution is -2.01. The van der Waals surface area contributed by atoms with Crippen LogP contribution in [0, 0.1) is 0 Å². The van der Waals surface area contributed by atoms with E-state index in [9.17, 15) is 4.21 Å². The quantitative estimate of drug-likeness (QED) is 0.874. The van der Waals surface area contributed by atoms with E-state index < -0.39 is 10.8 Å². The van der Waals surface area contributed by atoms with Crippen LogP contribution < -0.4 is 5.73 Å². The van der Waals surface area contributed by atoms with E-state index >= 15 is 0 Å². The molecule has 2 N–H and O–H groups in total. The number of halogens is 2. The summed E-state index contributed by atoms with van der Waals surface area (Å²) in [5.74, 6) is 0.366. The number of rotatable bonds is 3. The van der Waals surface area contributed by atoms with Crippen molar-refractivity contribution in [3.63, 3.8) is 0 Å². The van der Waals surface area contributed by atoms with E-state index in [1.165, 1.54) is 0 Å². The third-order valence-electron chi connectivity index (χ3n) is 2.44. The highest BCUT2D eigenvalue weighted by molar-refractivity contribution is 7.84. The molecule has 1 atom stereocenters. The molecule has 2 rings (SSSR count). The highest BCUT2D eigenvalue weighted by atomic mass is 35.5. The lowest BCUT2D eigenvalue weighted by atomic mass is 10.2. The van der Waals surface area contributed by atoms with Gasteiger partial charge in [-0.1, -0.05) is 41.4 Å². The average Bonchev–Trinajstić information content (AvgIpc) is 2.32. The van der Waals surface area contributed by atoms with E-state index in [-0.39, 0.29) is 0 Å². The van der Waals surface area contributed by atoms with Gasteiger partial charge in [0, 0.05) is 10.7 Å². The Labute approximate surface area is 118 Å². The van der Waals surface area contributed by atoms with Crippen molar-refractivity contribution >= 4 is 39.7 Å². The van der Waals surface area contributed by atoms with E-state index in [1.807, 2.05) is 12.1 Å². The number of hydrogen-bond donors (Lipinski definition) is 1. The maximum atomic E-state index is 12.3. The molecule has 0 saturated carbocycles. The van der Waals surface area contributed by atoms with Crippen molar-refractivity contribution in [1.82, 2.24) is 0 Å². The second-order valence-electron chi connectivity index (χ2n) is 3.77. The molecule has 0 aliphatic carbocycles. The van der Waals surface area contributed by atoms with Crippen LogP contribution in [0.5, 0.6) is 0 Å². The third kappa shape index (κ3) is 3.05. The molecule has 0 aliphatic rings. The Kier molecular flexibility index (Phi) is 4.27. The molecule has 0 bridgehead atoms. The molecule has 1 unspecified atom stereocenters. The maximum absolute atomic E-state index is 12.3. The number of anilines is 1. The lowest BCUT2D eigenvalue weighted by Gasteiger charge is -2.08. The van der Waals surface area contributed by atoms with E-state index in [0.29, 0.717) is 26.4 Å². The minimum atomic E-state index is -1.26. The Balaban J connectivity index is 2.25. The predicted octanol–water partition coefficient (Wildman–Crippen LogP) is 3.88. The summed E-state index contributed by atoms with van der Waals surface area (Å²) in [7, 11) is -1.26. The molecule has 18 heavy (non-hydrogen) atoms. The second kappa shape index (κ2) is 5.74. The summed E-state index contributed by atoms with van der Waals surface area (Å²) in [6.45, 7) is 0. The van der Waals surface area contributed by atoms with Crippen LogP contribution in [0.15, 0.2) is 47.4 Å². The summed E-state index contributed by atoms with van der Waals surface area (Å²) in [6, 6.07) is 12.3. The fourth-order valence-corrected chi connectivity index (χ4v) is 3.39. The maximum Gasteiger partial charge on any atom is 0.0806 e. The standard InChI is InChI=1S/C13H11Cl2NOS/c14-10-6-4-9(5-7-10)8-18(17)13-11(15)2-1-3-12(13)16/h1-7H,8,16H2. The normalized spacial score (nSPS) is 12.3. The molecule has 0 saturated heterocycles. The number of nitrogen functional groups attached to an aromatic ring is 1. The van der Waals surface area contributed by atoms with Crippen molar-refractivity contribution in [3.8, 4) is 0 Å². The Hall–Kier alpha value is -1.03. The molecule has 2 nitrogen and oxygen atoms in total. The van der Waals surface area contributed by atoms with Gasteiger partial charge in [0.25, 0.3) is 0 Å². The second-order valence-corrected chi connectivity index (χ2v) is 6.01. The van der Waals surface area contributed by atoms with Crippen LogP contribution in [-0.4, -0.2) is 4.21 Å². The average molecular weight is 300 g/mol. The highest BCUT2D eigenvalue weighted by Gasteiger charge is 2.12. The van der Waals surface area contributed by atoms with Crippen molar-refractivity contribution in [2.75, 3.05) is 5.73 Å². The number of nitrogens with two attached hydrogens (primary N) is 1. The smallest absolute Gasteiger partial charge is 0.0806 e. The number of hydrogen-bond acceptors (Lipinski definition) is 2. The zero-order valence-corrected chi connectivity index (χ0v) is 11.7. The zero-order valence-electron chi connectivity index (χ0n) is 9.40. The topological polar surface area (TPSA) is 43.1 Å². The minimum Gasteiger partial charge on any atom is -0.398 e. The van der Waals surface area contributed by atoms with Gasteiger partial charge in [-0.2, -0.15) is 0 Å². The van der Waals surface area contributed by atoms with Gasteiger partial charge in [-0.25, -0.2) is 0 Å². The van der Waals surface area contributed by atoms with Gasteiger partial charge in [0.15, 0.2) is 0 Å². The van der Waals surface area contributed by atoms with Crippen LogP contribution >= 0.6 is 23.2 Å². The summed E-state index contributed by atoms with van der Waals surface area (Å²) in [6.07, 6.45) is 0. The van der Waals surface area contributed by atoms with E-state index in [0.717, 1.165) is 5.56 Å². The SMILES string of the molecule is Nc1cccc(Cl)c1S(=O)Cc1ccc(Cl)cc1. The van der Waals surface area contributed by atoms with Gasteiger partial charge in [-0.15, -0.1) is 0 Å². The molecule has 0 aliphatic heterocycles. The Morgan fingerprint density at radius 1 is 1.06 bits per heavy atom. The highest BCUT2D eigenvalue weighted by Crippen LogP contribution is 2.27. The molecular weight excluding hydrogens is 289 g/mol. The molecule has 0 heterocycles. The monoisotopic (exact) mass is 299 g/mol. The largest absolute Gasteiger partial charge is 0.398 e. The first-order chi connectivity index (χ1) is 8.58. The first-order valence-corrected chi connectivity index (χ1v) is 7.32. The molecule has 5 heteroatoms. The Morgan fingerprint density at radius 3 is 2.33 bits per heavy atom. The van der Waals surface area contributed by atoms with Crippen molar-refractivity contribution < 1.29 is 4.21 Å². The van der Waals surface area contributed by atoms with Crippen molar-refractivity contribution in [1.29, 1.82) is 0 Å². The van der Waals surface area contributed by atoms with Crippen LogP contribution in [0.1, 0.15) is 5.56 Å². The summed E-state index contributed by atoms with van der Waals surface area (Å²) < 4.78 is 12.3. The molecule has 0 amide bonds.